The Morgan fingerprint density at radius 2 is 1.90 bits per heavy atom. The number of ether oxygens (including phenoxy) is 1. The molecule has 1 fully saturated rings. The Bertz CT molecular complexity index is 539. The molecule has 8 heteroatoms. The zero-order chi connectivity index (χ0) is 22.0. The third kappa shape index (κ3) is 9.58. The van der Waals surface area contributed by atoms with E-state index in [9.17, 15) is 14.4 Å². The van der Waals surface area contributed by atoms with E-state index >= 15 is 0 Å². The number of hydrogen-bond donors (Lipinski definition) is 3. The van der Waals surface area contributed by atoms with Crippen LogP contribution in [0.4, 0.5) is 0 Å². The van der Waals surface area contributed by atoms with Crippen LogP contribution in [0.1, 0.15) is 59.8 Å². The monoisotopic (exact) mass is 412 g/mol. The normalized spacial score (nSPS) is 20.8. The van der Waals surface area contributed by atoms with Crippen LogP contribution in [0, 0.1) is 11.8 Å². The minimum Gasteiger partial charge on any atom is -0.468 e. The topological polar surface area (TPSA) is 114 Å². The second-order valence-corrected chi connectivity index (χ2v) is 8.87. The molecule has 4 N–H and O–H groups in total. The number of rotatable bonds is 13. The van der Waals surface area contributed by atoms with Gasteiger partial charge in [0.05, 0.1) is 13.2 Å². The molecule has 0 aliphatic carbocycles. The van der Waals surface area contributed by atoms with Gasteiger partial charge in [0.15, 0.2) is 0 Å². The number of amides is 2. The van der Waals surface area contributed by atoms with Crippen molar-refractivity contribution in [2.75, 3.05) is 26.7 Å². The van der Waals surface area contributed by atoms with Gasteiger partial charge in [-0.1, -0.05) is 27.7 Å². The van der Waals surface area contributed by atoms with Gasteiger partial charge in [0.25, 0.3) is 0 Å². The maximum absolute atomic E-state index is 12.5. The standard InChI is InChI=1S/C21H40N4O4/c1-14(2)7-6-10-25(18(21(28)29-5)8-9-19(22)26)13-16-12-23-20(27)17(24-16)11-15(3)4/h14-18,24H,6-13H2,1-5H3,(H2,22,26)(H,23,27)/t16-,17+,18+/m1/s1. The van der Waals surface area contributed by atoms with Gasteiger partial charge in [-0.05, 0) is 44.1 Å². The first-order valence-corrected chi connectivity index (χ1v) is 10.8. The fourth-order valence-corrected chi connectivity index (χ4v) is 3.75. The lowest BCUT2D eigenvalue weighted by Gasteiger charge is -2.37. The first kappa shape index (κ1) is 25.4. The number of carbonyl (C=O) groups excluding carboxylic acids is 3. The van der Waals surface area contributed by atoms with Crippen LogP contribution in [0.25, 0.3) is 0 Å². The van der Waals surface area contributed by atoms with Crippen molar-refractivity contribution in [3.8, 4) is 0 Å². The van der Waals surface area contributed by atoms with Crippen molar-refractivity contribution < 1.29 is 19.1 Å². The van der Waals surface area contributed by atoms with Crippen LogP contribution >= 0.6 is 0 Å². The summed E-state index contributed by atoms with van der Waals surface area (Å²) >= 11 is 0. The number of nitrogens with zero attached hydrogens (tertiary/aromatic N) is 1. The molecule has 1 rings (SSSR count). The Balaban J connectivity index is 2.89. The van der Waals surface area contributed by atoms with Crippen LogP contribution in [0.2, 0.25) is 0 Å². The fourth-order valence-electron chi connectivity index (χ4n) is 3.75. The molecule has 2 amide bonds. The van der Waals surface area contributed by atoms with E-state index in [4.69, 9.17) is 10.5 Å². The van der Waals surface area contributed by atoms with Crippen LogP contribution in [-0.2, 0) is 19.1 Å². The lowest BCUT2D eigenvalue weighted by molar-refractivity contribution is -0.147. The van der Waals surface area contributed by atoms with Gasteiger partial charge in [0, 0.05) is 25.6 Å². The number of carbonyl (C=O) groups is 3. The highest BCUT2D eigenvalue weighted by atomic mass is 16.5. The molecule has 8 nitrogen and oxygen atoms in total. The molecule has 1 aliphatic rings. The number of primary amides is 1. The van der Waals surface area contributed by atoms with Gasteiger partial charge in [0.1, 0.15) is 6.04 Å². The number of nitrogens with one attached hydrogen (secondary N) is 2. The zero-order valence-corrected chi connectivity index (χ0v) is 18.7. The Labute approximate surface area is 175 Å². The average Bonchev–Trinajstić information content (AvgIpc) is 2.63. The van der Waals surface area contributed by atoms with Crippen molar-refractivity contribution in [1.82, 2.24) is 15.5 Å². The highest BCUT2D eigenvalue weighted by Gasteiger charge is 2.33. The molecule has 0 aromatic heterocycles. The molecule has 0 bridgehead atoms. The number of esters is 1. The Morgan fingerprint density at radius 3 is 2.45 bits per heavy atom. The summed E-state index contributed by atoms with van der Waals surface area (Å²) in [5.41, 5.74) is 5.32. The second-order valence-electron chi connectivity index (χ2n) is 8.87. The van der Waals surface area contributed by atoms with Gasteiger partial charge in [-0.25, -0.2) is 0 Å². The van der Waals surface area contributed by atoms with Crippen molar-refractivity contribution >= 4 is 17.8 Å². The van der Waals surface area contributed by atoms with Crippen LogP contribution in [-0.4, -0.2) is 67.6 Å². The molecule has 0 aromatic rings. The minimum atomic E-state index is -0.525. The van der Waals surface area contributed by atoms with E-state index in [-0.39, 0.29) is 30.4 Å². The molecule has 168 valence electrons. The third-order valence-corrected chi connectivity index (χ3v) is 5.24. The first-order chi connectivity index (χ1) is 13.6. The van der Waals surface area contributed by atoms with Gasteiger partial charge in [-0.3, -0.25) is 19.3 Å². The van der Waals surface area contributed by atoms with E-state index in [0.717, 1.165) is 25.8 Å². The van der Waals surface area contributed by atoms with Crippen molar-refractivity contribution in [1.29, 1.82) is 0 Å². The summed E-state index contributed by atoms with van der Waals surface area (Å²) in [6.07, 6.45) is 3.21. The number of piperazine rings is 1. The van der Waals surface area contributed by atoms with Crippen molar-refractivity contribution in [3.63, 3.8) is 0 Å². The summed E-state index contributed by atoms with van der Waals surface area (Å²) in [4.78, 5) is 38.0. The van der Waals surface area contributed by atoms with E-state index in [1.54, 1.807) is 0 Å². The zero-order valence-electron chi connectivity index (χ0n) is 18.7. The highest BCUT2D eigenvalue weighted by Crippen LogP contribution is 2.15. The molecule has 1 aliphatic heterocycles. The molecular weight excluding hydrogens is 372 g/mol. The highest BCUT2D eigenvalue weighted by molar-refractivity contribution is 5.82. The van der Waals surface area contributed by atoms with Crippen molar-refractivity contribution in [3.05, 3.63) is 0 Å². The Morgan fingerprint density at radius 1 is 1.21 bits per heavy atom. The van der Waals surface area contributed by atoms with Crippen LogP contribution in [0.15, 0.2) is 0 Å². The van der Waals surface area contributed by atoms with Crippen LogP contribution in [0.5, 0.6) is 0 Å². The molecule has 0 saturated carbocycles. The van der Waals surface area contributed by atoms with E-state index in [0.29, 0.717) is 31.3 Å². The van der Waals surface area contributed by atoms with Gasteiger partial charge < -0.3 is 21.1 Å². The quantitative estimate of drug-likeness (QED) is 0.390. The van der Waals surface area contributed by atoms with Crippen molar-refractivity contribution in [2.24, 2.45) is 17.6 Å². The van der Waals surface area contributed by atoms with E-state index in [2.05, 4.69) is 43.2 Å². The SMILES string of the molecule is COC(=O)[C@H](CCC(N)=O)N(CCCC(C)C)C[C@H]1CNC(=O)[C@H](CC(C)C)N1. The summed E-state index contributed by atoms with van der Waals surface area (Å²) < 4.78 is 5.01. The smallest absolute Gasteiger partial charge is 0.323 e. The molecule has 0 radical (unpaired) electrons. The van der Waals surface area contributed by atoms with Gasteiger partial charge in [-0.15, -0.1) is 0 Å². The third-order valence-electron chi connectivity index (χ3n) is 5.24. The fraction of sp³-hybridized carbons (Fsp3) is 0.857. The number of methoxy groups -OCH3 is 1. The molecule has 1 heterocycles. The van der Waals surface area contributed by atoms with E-state index in [1.807, 2.05) is 0 Å². The van der Waals surface area contributed by atoms with Gasteiger partial charge >= 0.3 is 5.97 Å². The first-order valence-electron chi connectivity index (χ1n) is 10.8. The average molecular weight is 413 g/mol. The number of nitrogens with two attached hydrogens (primary N) is 1. The number of hydrogen-bond acceptors (Lipinski definition) is 6. The van der Waals surface area contributed by atoms with E-state index in [1.165, 1.54) is 7.11 Å². The predicted molar refractivity (Wildman–Crippen MR) is 113 cm³/mol. The molecule has 0 spiro atoms. The Hall–Kier alpha value is -1.67. The summed E-state index contributed by atoms with van der Waals surface area (Å²) in [6.45, 7) is 10.3. The lowest BCUT2D eigenvalue weighted by atomic mass is 9.99. The van der Waals surface area contributed by atoms with E-state index < -0.39 is 11.9 Å². The Kier molecular flexibility index (Phi) is 11.2. The van der Waals surface area contributed by atoms with Gasteiger partial charge in [0.2, 0.25) is 11.8 Å². The summed E-state index contributed by atoms with van der Waals surface area (Å²) in [5, 5.41) is 6.42. The maximum atomic E-state index is 12.5. The molecule has 0 unspecified atom stereocenters. The molecule has 3 atom stereocenters. The van der Waals surface area contributed by atoms with Crippen LogP contribution in [0.3, 0.4) is 0 Å². The van der Waals surface area contributed by atoms with Crippen LogP contribution < -0.4 is 16.4 Å². The largest absolute Gasteiger partial charge is 0.468 e. The lowest BCUT2D eigenvalue weighted by Crippen LogP contribution is -2.62. The molecule has 29 heavy (non-hydrogen) atoms. The molecule has 1 saturated heterocycles. The molecular formula is C21H40N4O4. The second kappa shape index (κ2) is 12.8. The predicted octanol–water partition coefficient (Wildman–Crippen LogP) is 1.03. The van der Waals surface area contributed by atoms with Gasteiger partial charge in [-0.2, -0.15) is 0 Å². The maximum Gasteiger partial charge on any atom is 0.323 e. The molecule has 0 aromatic carbocycles. The minimum absolute atomic E-state index is 0.0243. The summed E-state index contributed by atoms with van der Waals surface area (Å²) in [7, 11) is 1.36. The summed E-state index contributed by atoms with van der Waals surface area (Å²) in [5.74, 6) is 0.217. The van der Waals surface area contributed by atoms with Crippen molar-refractivity contribution in [2.45, 2.75) is 77.9 Å². The summed E-state index contributed by atoms with van der Waals surface area (Å²) in [6, 6.07) is -0.729.